The van der Waals surface area contributed by atoms with Crippen LogP contribution in [0, 0.1) is 26.7 Å². The molecule has 0 spiro atoms. The first-order valence-electron chi connectivity index (χ1n) is 16.3. The third-order valence-electron chi connectivity index (χ3n) is 8.90. The highest BCUT2D eigenvalue weighted by Gasteiger charge is 2.37. The monoisotopic (exact) mass is 635 g/mol. The number of methoxy groups -OCH3 is 2. The van der Waals surface area contributed by atoms with Gasteiger partial charge in [0.15, 0.2) is 5.82 Å². The Morgan fingerprint density at radius 1 is 0.936 bits per heavy atom. The molecule has 3 heterocycles. The zero-order valence-corrected chi connectivity index (χ0v) is 28.5. The number of para-hydroxylation sites is 1. The van der Waals surface area contributed by atoms with Crippen molar-refractivity contribution in [2.45, 2.75) is 47.6 Å². The molecule has 0 radical (unpaired) electrons. The molecule has 246 valence electrons. The summed E-state index contributed by atoms with van der Waals surface area (Å²) in [6.07, 6.45) is 2.73. The Labute approximate surface area is 277 Å². The summed E-state index contributed by atoms with van der Waals surface area (Å²) in [4.78, 5) is 30.3. The second-order valence-electron chi connectivity index (χ2n) is 12.8. The largest absolute Gasteiger partial charge is 0.497 e. The molecular formula is C37H45N7O3. The summed E-state index contributed by atoms with van der Waals surface area (Å²) >= 11 is 0. The van der Waals surface area contributed by atoms with Gasteiger partial charge in [-0.3, -0.25) is 4.90 Å². The summed E-state index contributed by atoms with van der Waals surface area (Å²) < 4.78 is 11.2. The lowest BCUT2D eigenvalue weighted by Crippen LogP contribution is -2.46. The van der Waals surface area contributed by atoms with E-state index in [0.717, 1.165) is 60.7 Å². The number of anilines is 6. The van der Waals surface area contributed by atoms with Crippen LogP contribution in [-0.2, 0) is 13.0 Å². The summed E-state index contributed by atoms with van der Waals surface area (Å²) in [6.45, 7) is 15.0. The Morgan fingerprint density at radius 3 is 2.36 bits per heavy atom. The van der Waals surface area contributed by atoms with Gasteiger partial charge >= 0.3 is 6.03 Å². The van der Waals surface area contributed by atoms with E-state index >= 15 is 0 Å². The van der Waals surface area contributed by atoms with E-state index in [4.69, 9.17) is 19.4 Å². The van der Waals surface area contributed by atoms with Gasteiger partial charge in [0.2, 0.25) is 5.95 Å². The highest BCUT2D eigenvalue weighted by Crippen LogP contribution is 2.43. The van der Waals surface area contributed by atoms with E-state index in [2.05, 4.69) is 48.4 Å². The van der Waals surface area contributed by atoms with Crippen LogP contribution < -0.4 is 34.8 Å². The molecule has 1 fully saturated rings. The molecule has 6 rings (SSSR count). The second kappa shape index (κ2) is 13.5. The fourth-order valence-corrected chi connectivity index (χ4v) is 6.64. The smallest absolute Gasteiger partial charge is 0.335 e. The van der Waals surface area contributed by atoms with Gasteiger partial charge < -0.3 is 25.0 Å². The number of benzene rings is 3. The van der Waals surface area contributed by atoms with Crippen LogP contribution in [0.1, 0.15) is 41.7 Å². The molecule has 2 N–H and O–H groups in total. The predicted octanol–water partition coefficient (Wildman–Crippen LogP) is 7.05. The maximum atomic E-state index is 14.6. The van der Waals surface area contributed by atoms with Gasteiger partial charge in [-0.25, -0.2) is 14.7 Å². The van der Waals surface area contributed by atoms with Crippen molar-refractivity contribution in [3.05, 3.63) is 82.5 Å². The average Bonchev–Trinajstić information content (AvgIpc) is 3.06. The highest BCUT2D eigenvalue weighted by molar-refractivity contribution is 6.11. The van der Waals surface area contributed by atoms with Crippen molar-refractivity contribution < 1.29 is 14.3 Å². The first-order chi connectivity index (χ1) is 22.7. The van der Waals surface area contributed by atoms with Gasteiger partial charge in [0.05, 0.1) is 32.1 Å². The normalized spacial score (nSPS) is 14.8. The average molecular weight is 636 g/mol. The van der Waals surface area contributed by atoms with E-state index in [1.54, 1.807) is 30.1 Å². The van der Waals surface area contributed by atoms with Gasteiger partial charge in [-0.2, -0.15) is 4.98 Å². The maximum Gasteiger partial charge on any atom is 0.335 e. The molecule has 2 amide bonds. The number of ether oxygens (including phenoxy) is 2. The number of hydrogen-bond donors (Lipinski definition) is 2. The third kappa shape index (κ3) is 6.42. The maximum absolute atomic E-state index is 14.6. The fraction of sp³-hybridized carbons (Fsp3) is 0.378. The first kappa shape index (κ1) is 32.1. The van der Waals surface area contributed by atoms with Gasteiger partial charge in [-0.1, -0.05) is 32.0 Å². The summed E-state index contributed by atoms with van der Waals surface area (Å²) in [6, 6.07) is 15.8. The van der Waals surface area contributed by atoms with Gasteiger partial charge in [-0.15, -0.1) is 0 Å². The molecule has 4 aromatic rings. The number of hydrogen-bond acceptors (Lipinski definition) is 8. The number of aryl methyl sites for hydroxylation is 3. The molecule has 2 aliphatic rings. The number of urea groups is 1. The molecule has 2 aliphatic heterocycles. The Hall–Kier alpha value is -4.83. The van der Waals surface area contributed by atoms with Crippen molar-refractivity contribution in [2.75, 3.05) is 60.4 Å². The Morgan fingerprint density at radius 2 is 1.68 bits per heavy atom. The van der Waals surface area contributed by atoms with Crippen LogP contribution in [0.3, 0.4) is 0 Å². The SMILES string of the molecule is COc1ccc(N2C(=O)N(c3c(C)cccc3C)Cc3cnc(Nc4cc(C)c(N5CCNCC5)cc4CC(C)C)nc32)c(OC)c1. The predicted molar refractivity (Wildman–Crippen MR) is 189 cm³/mol. The van der Waals surface area contributed by atoms with Gasteiger partial charge in [-0.05, 0) is 79.6 Å². The molecule has 1 saturated heterocycles. The Bertz CT molecular complexity index is 1760. The number of nitrogens with zero attached hydrogens (tertiary/aromatic N) is 5. The molecule has 0 saturated carbocycles. The third-order valence-corrected chi connectivity index (χ3v) is 8.90. The molecule has 10 heteroatoms. The number of nitrogens with one attached hydrogen (secondary N) is 2. The number of aromatic nitrogens is 2. The van der Waals surface area contributed by atoms with Crippen LogP contribution in [-0.4, -0.2) is 56.4 Å². The van der Waals surface area contributed by atoms with Crippen LogP contribution >= 0.6 is 0 Å². The lowest BCUT2D eigenvalue weighted by molar-refractivity contribution is 0.252. The molecule has 0 atom stereocenters. The van der Waals surface area contributed by atoms with Crippen LogP contribution in [0.2, 0.25) is 0 Å². The van der Waals surface area contributed by atoms with Crippen LogP contribution in [0.25, 0.3) is 0 Å². The number of rotatable bonds is 9. The molecule has 10 nitrogen and oxygen atoms in total. The topological polar surface area (TPSA) is 95.1 Å². The van der Waals surface area contributed by atoms with Crippen molar-refractivity contribution in [3.8, 4) is 11.5 Å². The summed E-state index contributed by atoms with van der Waals surface area (Å²) in [5.74, 6) is 2.53. The fourth-order valence-electron chi connectivity index (χ4n) is 6.64. The second-order valence-corrected chi connectivity index (χ2v) is 12.8. The van der Waals surface area contributed by atoms with E-state index in [9.17, 15) is 4.79 Å². The van der Waals surface area contributed by atoms with Crippen LogP contribution in [0.4, 0.5) is 39.3 Å². The van der Waals surface area contributed by atoms with E-state index in [-0.39, 0.29) is 6.03 Å². The van der Waals surface area contributed by atoms with E-state index in [1.807, 2.05) is 50.4 Å². The van der Waals surface area contributed by atoms with Crippen LogP contribution in [0.15, 0.2) is 54.7 Å². The Balaban J connectivity index is 1.44. The molecule has 47 heavy (non-hydrogen) atoms. The van der Waals surface area contributed by atoms with Gasteiger partial charge in [0, 0.05) is 55.4 Å². The summed E-state index contributed by atoms with van der Waals surface area (Å²) in [7, 11) is 3.20. The van der Waals surface area contributed by atoms with Gasteiger partial charge in [0.25, 0.3) is 0 Å². The lowest BCUT2D eigenvalue weighted by atomic mass is 9.98. The van der Waals surface area contributed by atoms with Crippen molar-refractivity contribution >= 4 is 40.5 Å². The number of fused-ring (bicyclic) bond motifs is 1. The minimum absolute atomic E-state index is 0.222. The minimum atomic E-state index is -0.222. The number of amides is 2. The van der Waals surface area contributed by atoms with Crippen molar-refractivity contribution in [2.24, 2.45) is 5.92 Å². The summed E-state index contributed by atoms with van der Waals surface area (Å²) in [5.41, 5.74) is 8.95. The molecule has 1 aromatic heterocycles. The zero-order chi connectivity index (χ0) is 33.2. The standard InChI is InChI=1S/C37H45N7O3/c1-23(2)17-27-19-32(42-15-13-38-14-16-42)26(5)18-30(27)40-36-39-21-28-22-43(34-24(3)9-8-10-25(34)4)37(45)44(35(28)41-36)31-12-11-29(46-6)20-33(31)47-7/h8-12,18-21,23,38H,13-17,22H2,1-7H3,(H,39,40,41). The van der Waals surface area contributed by atoms with E-state index in [1.165, 1.54) is 16.8 Å². The Kier molecular flexibility index (Phi) is 9.22. The summed E-state index contributed by atoms with van der Waals surface area (Å²) in [5, 5.41) is 6.99. The highest BCUT2D eigenvalue weighted by atomic mass is 16.5. The van der Waals surface area contributed by atoms with Crippen molar-refractivity contribution in [1.82, 2.24) is 15.3 Å². The number of carbonyl (C=O) groups is 1. The van der Waals surface area contributed by atoms with Crippen molar-refractivity contribution in [3.63, 3.8) is 0 Å². The van der Waals surface area contributed by atoms with E-state index in [0.29, 0.717) is 41.4 Å². The zero-order valence-electron chi connectivity index (χ0n) is 28.5. The molecular weight excluding hydrogens is 590 g/mol. The minimum Gasteiger partial charge on any atom is -0.497 e. The molecule has 0 bridgehead atoms. The van der Waals surface area contributed by atoms with E-state index < -0.39 is 0 Å². The first-order valence-corrected chi connectivity index (χ1v) is 16.3. The molecule has 0 unspecified atom stereocenters. The van der Waals surface area contributed by atoms with Gasteiger partial charge in [0.1, 0.15) is 11.5 Å². The number of piperazine rings is 1. The molecule has 0 aliphatic carbocycles. The van der Waals surface area contributed by atoms with Crippen molar-refractivity contribution in [1.29, 1.82) is 0 Å². The number of carbonyl (C=O) groups excluding carboxylic acids is 1. The lowest BCUT2D eigenvalue weighted by Gasteiger charge is -2.37. The molecule has 3 aromatic carbocycles. The quantitative estimate of drug-likeness (QED) is 0.202. The van der Waals surface area contributed by atoms with Crippen LogP contribution in [0.5, 0.6) is 11.5 Å².